The van der Waals surface area contributed by atoms with E-state index < -0.39 is 11.2 Å². The zero-order valence-electron chi connectivity index (χ0n) is 14.9. The molecule has 1 fully saturated rings. The summed E-state index contributed by atoms with van der Waals surface area (Å²) >= 11 is 12.7. The lowest BCUT2D eigenvalue weighted by Crippen LogP contribution is -3.08. The number of H-pyrrole nitrogens is 1. The van der Waals surface area contributed by atoms with Crippen LogP contribution in [0.3, 0.4) is 0 Å². The van der Waals surface area contributed by atoms with Gasteiger partial charge in [0, 0.05) is 35.5 Å². The van der Waals surface area contributed by atoms with Crippen LogP contribution in [0.15, 0.2) is 27.8 Å². The number of aromatic nitrogens is 4. The first-order valence-corrected chi connectivity index (χ1v) is 9.66. The Labute approximate surface area is 165 Å². The van der Waals surface area contributed by atoms with Gasteiger partial charge < -0.3 is 9.47 Å². The molecule has 9 heteroatoms. The zero-order chi connectivity index (χ0) is 19.1. The summed E-state index contributed by atoms with van der Waals surface area (Å²) < 4.78 is 3.20. The first kappa shape index (κ1) is 18.3. The van der Waals surface area contributed by atoms with Crippen molar-refractivity contribution in [2.24, 2.45) is 7.05 Å². The van der Waals surface area contributed by atoms with Crippen molar-refractivity contribution in [2.75, 3.05) is 13.1 Å². The Bertz CT molecular complexity index is 1100. The molecule has 1 aliphatic rings. The molecule has 7 nitrogen and oxygen atoms in total. The minimum absolute atomic E-state index is 0.318. The lowest BCUT2D eigenvalue weighted by atomic mass is 10.2. The van der Waals surface area contributed by atoms with E-state index in [0.29, 0.717) is 34.3 Å². The Morgan fingerprint density at radius 2 is 1.85 bits per heavy atom. The van der Waals surface area contributed by atoms with Crippen molar-refractivity contribution in [3.05, 3.63) is 60.5 Å². The average Bonchev–Trinajstić information content (AvgIpc) is 3.25. The summed E-state index contributed by atoms with van der Waals surface area (Å²) in [5, 5.41) is 1.06. The number of imidazole rings is 1. The number of aromatic amines is 1. The minimum atomic E-state index is -0.479. The first-order valence-electron chi connectivity index (χ1n) is 8.90. The van der Waals surface area contributed by atoms with Gasteiger partial charge in [-0.2, -0.15) is 0 Å². The fourth-order valence-corrected chi connectivity index (χ4v) is 4.22. The quantitative estimate of drug-likeness (QED) is 0.674. The molecule has 3 heterocycles. The van der Waals surface area contributed by atoms with Crippen molar-refractivity contribution in [1.29, 1.82) is 0 Å². The van der Waals surface area contributed by atoms with Gasteiger partial charge in [0.25, 0.3) is 5.56 Å². The van der Waals surface area contributed by atoms with Gasteiger partial charge in [0.1, 0.15) is 6.54 Å². The molecular weight excluding hydrogens is 389 g/mol. The maximum Gasteiger partial charge on any atom is 0.329 e. The second-order valence-corrected chi connectivity index (χ2v) is 7.75. The Kier molecular flexibility index (Phi) is 4.84. The molecule has 0 radical (unpaired) electrons. The fraction of sp³-hybridized carbons (Fsp3) is 0.389. The number of likely N-dealkylation sites (tertiary alicyclic amines) is 1. The molecule has 0 spiro atoms. The second-order valence-electron chi connectivity index (χ2n) is 6.94. The molecule has 1 saturated heterocycles. The number of nitrogens with one attached hydrogen (secondary N) is 2. The third-order valence-electron chi connectivity index (χ3n) is 5.18. The van der Waals surface area contributed by atoms with E-state index in [4.69, 9.17) is 23.2 Å². The van der Waals surface area contributed by atoms with E-state index in [1.54, 1.807) is 25.2 Å². The number of fused-ring (bicyclic) bond motifs is 1. The molecule has 142 valence electrons. The molecule has 0 amide bonds. The predicted molar refractivity (Wildman–Crippen MR) is 105 cm³/mol. The Morgan fingerprint density at radius 3 is 2.52 bits per heavy atom. The highest BCUT2D eigenvalue weighted by atomic mass is 35.5. The van der Waals surface area contributed by atoms with Crippen molar-refractivity contribution in [3.8, 4) is 0 Å². The number of nitrogens with zero attached hydrogens (tertiary/aromatic N) is 3. The van der Waals surface area contributed by atoms with Crippen LogP contribution in [0, 0.1) is 0 Å². The van der Waals surface area contributed by atoms with Gasteiger partial charge in [0.05, 0.1) is 19.6 Å². The molecule has 0 bridgehead atoms. The van der Waals surface area contributed by atoms with Crippen LogP contribution in [-0.2, 0) is 20.1 Å². The van der Waals surface area contributed by atoms with Crippen molar-refractivity contribution >= 4 is 34.4 Å². The predicted octanol–water partition coefficient (Wildman–Crippen LogP) is 0.957. The summed E-state index contributed by atoms with van der Waals surface area (Å²) in [5.74, 6) is 0.754. The van der Waals surface area contributed by atoms with E-state index in [1.807, 2.05) is 4.57 Å². The summed E-state index contributed by atoms with van der Waals surface area (Å²) in [7, 11) is 1.60. The highest BCUT2D eigenvalue weighted by Crippen LogP contribution is 2.26. The van der Waals surface area contributed by atoms with E-state index in [0.717, 1.165) is 24.5 Å². The Morgan fingerprint density at radius 1 is 1.19 bits per heavy atom. The average molecular weight is 409 g/mol. The standard InChI is InChI=1S/C18H19Cl2N5O2/c1-23-16-15(17(26)22-18(23)27)25(9-11-12(19)5-4-6-13(11)20)14(21-16)10-24-7-2-3-8-24/h4-6H,2-3,7-10H2,1H3,(H,22,26,27)/p+1. The first-order chi connectivity index (χ1) is 13.0. The number of benzene rings is 1. The van der Waals surface area contributed by atoms with Gasteiger partial charge in [-0.05, 0) is 12.1 Å². The SMILES string of the molecule is Cn1c(=O)[nH]c(=O)c2c1nc(C[NH+]1CCCC1)n2Cc1c(Cl)cccc1Cl. The van der Waals surface area contributed by atoms with Gasteiger partial charge in [0.2, 0.25) is 0 Å². The zero-order valence-corrected chi connectivity index (χ0v) is 16.4. The van der Waals surface area contributed by atoms with E-state index in [9.17, 15) is 9.59 Å². The summed E-state index contributed by atoms with van der Waals surface area (Å²) in [6.45, 7) is 3.15. The summed E-state index contributed by atoms with van der Waals surface area (Å²) in [6.07, 6.45) is 2.37. The topological polar surface area (TPSA) is 77.1 Å². The molecule has 1 aliphatic heterocycles. The number of hydrogen-bond donors (Lipinski definition) is 2. The molecule has 1 aromatic carbocycles. The van der Waals surface area contributed by atoms with Crippen molar-refractivity contribution in [2.45, 2.75) is 25.9 Å². The van der Waals surface area contributed by atoms with Gasteiger partial charge in [-0.3, -0.25) is 14.3 Å². The van der Waals surface area contributed by atoms with E-state index >= 15 is 0 Å². The molecule has 2 aromatic heterocycles. The lowest BCUT2D eigenvalue weighted by Gasteiger charge is -2.15. The van der Waals surface area contributed by atoms with E-state index in [2.05, 4.69) is 9.97 Å². The van der Waals surface area contributed by atoms with Crippen LogP contribution in [-0.4, -0.2) is 32.2 Å². The molecule has 0 saturated carbocycles. The van der Waals surface area contributed by atoms with Crippen LogP contribution in [0.25, 0.3) is 11.2 Å². The Balaban J connectivity index is 1.91. The molecule has 0 unspecified atom stereocenters. The fourth-order valence-electron chi connectivity index (χ4n) is 3.70. The maximum atomic E-state index is 12.6. The lowest BCUT2D eigenvalue weighted by molar-refractivity contribution is -0.902. The number of aryl methyl sites for hydroxylation is 1. The molecule has 0 aliphatic carbocycles. The number of rotatable bonds is 4. The molecule has 2 N–H and O–H groups in total. The highest BCUT2D eigenvalue weighted by Gasteiger charge is 2.24. The number of quaternary nitrogens is 1. The van der Waals surface area contributed by atoms with Gasteiger partial charge in [0.15, 0.2) is 17.0 Å². The van der Waals surface area contributed by atoms with Crippen LogP contribution in [0.1, 0.15) is 24.2 Å². The molecule has 3 aromatic rings. The monoisotopic (exact) mass is 408 g/mol. The smallest absolute Gasteiger partial charge is 0.329 e. The van der Waals surface area contributed by atoms with Gasteiger partial charge in [-0.15, -0.1) is 0 Å². The highest BCUT2D eigenvalue weighted by molar-refractivity contribution is 6.36. The summed E-state index contributed by atoms with van der Waals surface area (Å²) in [5.41, 5.74) is 0.535. The maximum absolute atomic E-state index is 12.6. The summed E-state index contributed by atoms with van der Waals surface area (Å²) in [4.78, 5) is 33.0. The van der Waals surface area contributed by atoms with Crippen LogP contribution in [0.5, 0.6) is 0 Å². The van der Waals surface area contributed by atoms with Crippen LogP contribution >= 0.6 is 23.2 Å². The van der Waals surface area contributed by atoms with Crippen LogP contribution < -0.4 is 16.1 Å². The summed E-state index contributed by atoms with van der Waals surface area (Å²) in [6, 6.07) is 5.33. The number of halogens is 2. The molecular formula is C18H20Cl2N5O2+. The largest absolute Gasteiger partial charge is 0.329 e. The van der Waals surface area contributed by atoms with E-state index in [1.165, 1.54) is 22.3 Å². The van der Waals surface area contributed by atoms with Gasteiger partial charge >= 0.3 is 5.69 Å². The number of hydrogen-bond acceptors (Lipinski definition) is 3. The molecule has 4 rings (SSSR count). The normalized spacial score (nSPS) is 15.1. The van der Waals surface area contributed by atoms with Crippen molar-refractivity contribution in [1.82, 2.24) is 19.1 Å². The minimum Gasteiger partial charge on any atom is -0.329 e. The van der Waals surface area contributed by atoms with E-state index in [-0.39, 0.29) is 0 Å². The Hall–Kier alpha value is -2.09. The van der Waals surface area contributed by atoms with Crippen molar-refractivity contribution in [3.63, 3.8) is 0 Å². The molecule has 27 heavy (non-hydrogen) atoms. The van der Waals surface area contributed by atoms with Crippen LogP contribution in [0.4, 0.5) is 0 Å². The second kappa shape index (κ2) is 7.14. The third-order valence-corrected chi connectivity index (χ3v) is 5.89. The van der Waals surface area contributed by atoms with Crippen molar-refractivity contribution < 1.29 is 4.90 Å². The molecule has 0 atom stereocenters. The third kappa shape index (κ3) is 3.31. The van der Waals surface area contributed by atoms with Gasteiger partial charge in [-0.1, -0.05) is 29.3 Å². The van der Waals surface area contributed by atoms with Crippen LogP contribution in [0.2, 0.25) is 10.0 Å². The van der Waals surface area contributed by atoms with Gasteiger partial charge in [-0.25, -0.2) is 9.78 Å².